The van der Waals surface area contributed by atoms with Gasteiger partial charge in [-0.2, -0.15) is 10.4 Å². The van der Waals surface area contributed by atoms with Crippen molar-refractivity contribution in [2.45, 2.75) is 32.2 Å². The van der Waals surface area contributed by atoms with Crippen molar-refractivity contribution in [2.24, 2.45) is 5.92 Å². The monoisotopic (exact) mass is 175 g/mol. The molecule has 1 aromatic rings. The van der Waals surface area contributed by atoms with Gasteiger partial charge in [0.15, 0.2) is 0 Å². The molecular formula is C10H13N3. The van der Waals surface area contributed by atoms with E-state index >= 15 is 0 Å². The number of hydrogen-bond donors (Lipinski definition) is 0. The van der Waals surface area contributed by atoms with Crippen molar-refractivity contribution in [1.82, 2.24) is 9.78 Å². The third kappa shape index (κ3) is 1.57. The summed E-state index contributed by atoms with van der Waals surface area (Å²) in [6, 6.07) is 2.62. The van der Waals surface area contributed by atoms with Crippen LogP contribution in [0.25, 0.3) is 0 Å². The van der Waals surface area contributed by atoms with Gasteiger partial charge in [0.05, 0.1) is 17.8 Å². The van der Waals surface area contributed by atoms with Crippen molar-refractivity contribution in [3.8, 4) is 6.07 Å². The lowest BCUT2D eigenvalue weighted by Gasteiger charge is -2.08. The Balaban J connectivity index is 2.13. The van der Waals surface area contributed by atoms with Crippen LogP contribution in [0.1, 0.15) is 37.8 Å². The van der Waals surface area contributed by atoms with Gasteiger partial charge in [0.25, 0.3) is 0 Å². The molecule has 0 radical (unpaired) electrons. The Labute approximate surface area is 78.0 Å². The predicted molar refractivity (Wildman–Crippen MR) is 49.0 cm³/mol. The number of nitrogens with zero attached hydrogens (tertiary/aromatic N) is 3. The largest absolute Gasteiger partial charge is 0.268 e. The van der Waals surface area contributed by atoms with Gasteiger partial charge >= 0.3 is 0 Å². The number of rotatable bonds is 1. The summed E-state index contributed by atoms with van der Waals surface area (Å²) in [6.07, 6.45) is 7.18. The summed E-state index contributed by atoms with van der Waals surface area (Å²) in [4.78, 5) is 0. The molecule has 1 aliphatic rings. The fourth-order valence-corrected chi connectivity index (χ4v) is 2.01. The molecule has 2 atom stereocenters. The highest BCUT2D eigenvalue weighted by Crippen LogP contribution is 2.33. The van der Waals surface area contributed by atoms with Crippen LogP contribution < -0.4 is 0 Å². The van der Waals surface area contributed by atoms with Crippen molar-refractivity contribution in [3.63, 3.8) is 0 Å². The minimum absolute atomic E-state index is 0.525. The molecule has 0 saturated heterocycles. The molecule has 2 rings (SSSR count). The van der Waals surface area contributed by atoms with Crippen molar-refractivity contribution in [2.75, 3.05) is 0 Å². The van der Waals surface area contributed by atoms with Gasteiger partial charge in [0, 0.05) is 6.20 Å². The zero-order valence-corrected chi connectivity index (χ0v) is 7.77. The van der Waals surface area contributed by atoms with Gasteiger partial charge in [-0.1, -0.05) is 6.92 Å². The first-order valence-corrected chi connectivity index (χ1v) is 4.74. The number of nitriles is 1. The maximum Gasteiger partial charge on any atom is 0.102 e. The van der Waals surface area contributed by atoms with Crippen molar-refractivity contribution in [1.29, 1.82) is 5.26 Å². The molecule has 68 valence electrons. The average molecular weight is 175 g/mol. The maximum absolute atomic E-state index is 8.64. The lowest BCUT2D eigenvalue weighted by atomic mass is 10.1. The van der Waals surface area contributed by atoms with Crippen molar-refractivity contribution < 1.29 is 0 Å². The van der Waals surface area contributed by atoms with Crippen LogP contribution in [-0.4, -0.2) is 9.78 Å². The summed E-state index contributed by atoms with van der Waals surface area (Å²) in [5.41, 5.74) is 0.666. The molecule has 13 heavy (non-hydrogen) atoms. The number of hydrogen-bond acceptors (Lipinski definition) is 2. The molecule has 0 N–H and O–H groups in total. The number of aromatic nitrogens is 2. The summed E-state index contributed by atoms with van der Waals surface area (Å²) >= 11 is 0. The molecule has 1 aromatic heterocycles. The SMILES string of the molecule is CC1CCC(n2cc(C#N)cn2)C1. The smallest absolute Gasteiger partial charge is 0.102 e. The van der Waals surface area contributed by atoms with E-state index in [0.29, 0.717) is 11.6 Å². The van der Waals surface area contributed by atoms with E-state index in [9.17, 15) is 0 Å². The van der Waals surface area contributed by atoms with Crippen LogP contribution in [0, 0.1) is 17.2 Å². The standard InChI is InChI=1S/C10H13N3/c1-8-2-3-10(4-8)13-7-9(5-11)6-12-13/h6-8,10H,2-4H2,1H3. The third-order valence-electron chi connectivity index (χ3n) is 2.77. The lowest BCUT2D eigenvalue weighted by molar-refractivity contribution is 0.450. The maximum atomic E-state index is 8.64. The van der Waals surface area contributed by atoms with E-state index in [2.05, 4.69) is 18.1 Å². The highest BCUT2D eigenvalue weighted by atomic mass is 15.3. The van der Waals surface area contributed by atoms with Gasteiger partial charge in [0.1, 0.15) is 6.07 Å². The Morgan fingerprint density at radius 2 is 2.46 bits per heavy atom. The zero-order chi connectivity index (χ0) is 9.26. The molecule has 0 aliphatic heterocycles. The molecule has 1 fully saturated rings. The molecule has 0 bridgehead atoms. The van der Waals surface area contributed by atoms with Gasteiger partial charge in [-0.05, 0) is 25.2 Å². The molecule has 1 aliphatic carbocycles. The Morgan fingerprint density at radius 1 is 1.62 bits per heavy atom. The van der Waals surface area contributed by atoms with E-state index in [1.807, 2.05) is 10.9 Å². The highest BCUT2D eigenvalue weighted by Gasteiger charge is 2.23. The molecule has 3 heteroatoms. The van der Waals surface area contributed by atoms with Crippen molar-refractivity contribution in [3.05, 3.63) is 18.0 Å². The van der Waals surface area contributed by atoms with E-state index in [4.69, 9.17) is 5.26 Å². The fraction of sp³-hybridized carbons (Fsp3) is 0.600. The third-order valence-corrected chi connectivity index (χ3v) is 2.77. The Bertz CT molecular complexity index is 334. The van der Waals surface area contributed by atoms with E-state index in [-0.39, 0.29) is 0 Å². The Kier molecular flexibility index (Phi) is 2.05. The second-order valence-electron chi connectivity index (χ2n) is 3.89. The van der Waals surface area contributed by atoms with Crippen LogP contribution in [0.15, 0.2) is 12.4 Å². The molecule has 1 saturated carbocycles. The molecule has 0 amide bonds. The normalized spacial score (nSPS) is 27.4. The molecule has 0 spiro atoms. The zero-order valence-electron chi connectivity index (χ0n) is 7.77. The first kappa shape index (κ1) is 8.31. The van der Waals surface area contributed by atoms with Gasteiger partial charge in [-0.25, -0.2) is 0 Å². The first-order chi connectivity index (χ1) is 6.29. The highest BCUT2D eigenvalue weighted by molar-refractivity contribution is 5.21. The van der Waals surface area contributed by atoms with Gasteiger partial charge in [-0.3, -0.25) is 4.68 Å². The molecular weight excluding hydrogens is 162 g/mol. The average Bonchev–Trinajstić information content (AvgIpc) is 2.71. The summed E-state index contributed by atoms with van der Waals surface area (Å²) in [5.74, 6) is 0.805. The summed E-state index contributed by atoms with van der Waals surface area (Å²) in [6.45, 7) is 2.27. The predicted octanol–water partition coefficient (Wildman–Crippen LogP) is 2.12. The summed E-state index contributed by atoms with van der Waals surface area (Å²) < 4.78 is 1.95. The molecule has 1 heterocycles. The Morgan fingerprint density at radius 3 is 3.00 bits per heavy atom. The summed E-state index contributed by atoms with van der Waals surface area (Å²) in [7, 11) is 0. The minimum Gasteiger partial charge on any atom is -0.268 e. The molecule has 0 aromatic carbocycles. The summed E-state index contributed by atoms with van der Waals surface area (Å²) in [5, 5.41) is 12.8. The van der Waals surface area contributed by atoms with E-state index in [1.54, 1.807) is 6.20 Å². The van der Waals surface area contributed by atoms with Crippen LogP contribution in [0.5, 0.6) is 0 Å². The lowest BCUT2D eigenvalue weighted by Crippen LogP contribution is -2.05. The fourth-order valence-electron chi connectivity index (χ4n) is 2.01. The Hall–Kier alpha value is -1.30. The van der Waals surface area contributed by atoms with E-state index < -0.39 is 0 Å². The van der Waals surface area contributed by atoms with E-state index in [1.165, 1.54) is 19.3 Å². The van der Waals surface area contributed by atoms with Crippen LogP contribution in [-0.2, 0) is 0 Å². The van der Waals surface area contributed by atoms with Gasteiger partial charge in [-0.15, -0.1) is 0 Å². The van der Waals surface area contributed by atoms with Gasteiger partial charge < -0.3 is 0 Å². The quantitative estimate of drug-likeness (QED) is 0.656. The van der Waals surface area contributed by atoms with Crippen LogP contribution in [0.2, 0.25) is 0 Å². The first-order valence-electron chi connectivity index (χ1n) is 4.74. The van der Waals surface area contributed by atoms with Gasteiger partial charge in [0.2, 0.25) is 0 Å². The van der Waals surface area contributed by atoms with Crippen LogP contribution in [0.3, 0.4) is 0 Å². The molecule has 2 unspecified atom stereocenters. The van der Waals surface area contributed by atoms with Crippen LogP contribution in [0.4, 0.5) is 0 Å². The second kappa shape index (κ2) is 3.21. The van der Waals surface area contributed by atoms with Crippen LogP contribution >= 0.6 is 0 Å². The van der Waals surface area contributed by atoms with E-state index in [0.717, 1.165) is 5.92 Å². The topological polar surface area (TPSA) is 41.6 Å². The minimum atomic E-state index is 0.525. The second-order valence-corrected chi connectivity index (χ2v) is 3.89. The van der Waals surface area contributed by atoms with Crippen molar-refractivity contribution >= 4 is 0 Å². The molecule has 3 nitrogen and oxygen atoms in total.